The number of carbonyl (C=O) groups excluding carboxylic acids is 1. The molecular weight excluding hydrogens is 340 g/mol. The largest absolute Gasteiger partial charge is 0.322 e. The van der Waals surface area contributed by atoms with Gasteiger partial charge in [0.15, 0.2) is 0 Å². The third kappa shape index (κ3) is 4.67. The zero-order valence-electron chi connectivity index (χ0n) is 15.1. The number of carbonyl (C=O) groups is 1. The molecule has 2 rings (SSSR count). The fraction of sp³-hybridized carbons (Fsp3) is 0.412. The summed E-state index contributed by atoms with van der Waals surface area (Å²) in [6, 6.07) is 4.01. The smallest absolute Gasteiger partial charge is 0.242 e. The first-order valence-electron chi connectivity index (χ1n) is 7.99. The molecular formula is C17H24N4O3S. The Bertz CT molecular complexity index is 872. The molecule has 2 aromatic rings. The molecule has 1 amide bonds. The third-order valence-electron chi connectivity index (χ3n) is 3.99. The van der Waals surface area contributed by atoms with E-state index >= 15 is 0 Å². The van der Waals surface area contributed by atoms with E-state index in [-0.39, 0.29) is 10.8 Å². The maximum Gasteiger partial charge on any atom is 0.242 e. The summed E-state index contributed by atoms with van der Waals surface area (Å²) in [7, 11) is -2.07. The van der Waals surface area contributed by atoms with Crippen molar-refractivity contribution in [1.82, 2.24) is 14.5 Å². The molecule has 25 heavy (non-hydrogen) atoms. The number of hydrogen-bond acceptors (Lipinski definition) is 4. The maximum absolute atomic E-state index is 12.7. The molecule has 136 valence electrons. The molecule has 0 aliphatic carbocycles. The van der Waals surface area contributed by atoms with Crippen LogP contribution in [0.3, 0.4) is 0 Å². The van der Waals surface area contributed by atoms with Crippen molar-refractivity contribution in [1.29, 1.82) is 0 Å². The molecule has 1 unspecified atom stereocenters. The lowest BCUT2D eigenvalue weighted by Gasteiger charge is -2.21. The van der Waals surface area contributed by atoms with E-state index in [0.717, 1.165) is 11.1 Å². The number of rotatable bonds is 6. The van der Waals surface area contributed by atoms with Crippen LogP contribution >= 0.6 is 0 Å². The van der Waals surface area contributed by atoms with Crippen molar-refractivity contribution < 1.29 is 13.2 Å². The number of sulfonamides is 1. The molecule has 8 heteroatoms. The molecule has 0 fully saturated rings. The number of aromatic nitrogens is 2. The number of nitrogens with one attached hydrogen (secondary N) is 2. The van der Waals surface area contributed by atoms with Crippen LogP contribution in [0.5, 0.6) is 0 Å². The molecule has 0 saturated heterocycles. The van der Waals surface area contributed by atoms with Gasteiger partial charge in [0.1, 0.15) is 6.04 Å². The molecule has 1 aromatic heterocycles. The van der Waals surface area contributed by atoms with E-state index in [1.54, 1.807) is 50.0 Å². The van der Waals surface area contributed by atoms with Crippen LogP contribution in [-0.2, 0) is 21.9 Å². The quantitative estimate of drug-likeness (QED) is 0.820. The molecule has 1 heterocycles. The van der Waals surface area contributed by atoms with Crippen LogP contribution < -0.4 is 10.0 Å². The molecule has 0 saturated carbocycles. The van der Waals surface area contributed by atoms with Gasteiger partial charge in [0.2, 0.25) is 15.9 Å². The normalized spacial score (nSPS) is 13.0. The first-order chi connectivity index (χ1) is 11.6. The first kappa shape index (κ1) is 19.1. The van der Waals surface area contributed by atoms with Crippen LogP contribution in [0.4, 0.5) is 5.69 Å². The summed E-state index contributed by atoms with van der Waals surface area (Å²) < 4.78 is 29.4. The summed E-state index contributed by atoms with van der Waals surface area (Å²) in [6.07, 6.45) is 3.15. The predicted molar refractivity (Wildman–Crippen MR) is 96.7 cm³/mol. The second kappa shape index (κ2) is 7.37. The van der Waals surface area contributed by atoms with Gasteiger partial charge in [-0.2, -0.15) is 9.82 Å². The van der Waals surface area contributed by atoms with Gasteiger partial charge < -0.3 is 5.32 Å². The second-order valence-electron chi connectivity index (χ2n) is 6.48. The van der Waals surface area contributed by atoms with Crippen molar-refractivity contribution in [2.24, 2.45) is 13.0 Å². The summed E-state index contributed by atoms with van der Waals surface area (Å²) in [4.78, 5) is 12.7. The third-order valence-corrected chi connectivity index (χ3v) is 5.43. The monoisotopic (exact) mass is 364 g/mol. The van der Waals surface area contributed by atoms with E-state index in [9.17, 15) is 13.2 Å². The average Bonchev–Trinajstić information content (AvgIpc) is 2.92. The number of anilines is 1. The van der Waals surface area contributed by atoms with Crippen molar-refractivity contribution in [3.63, 3.8) is 0 Å². The van der Waals surface area contributed by atoms with Crippen LogP contribution in [0, 0.1) is 19.8 Å². The predicted octanol–water partition coefficient (Wildman–Crippen LogP) is 1.98. The Kier molecular flexibility index (Phi) is 5.64. The number of hydrogen-bond donors (Lipinski definition) is 2. The number of benzene rings is 1. The fourth-order valence-corrected chi connectivity index (χ4v) is 3.74. The van der Waals surface area contributed by atoms with Crippen molar-refractivity contribution in [2.45, 2.75) is 38.6 Å². The van der Waals surface area contributed by atoms with Gasteiger partial charge >= 0.3 is 0 Å². The highest BCUT2D eigenvalue weighted by Crippen LogP contribution is 2.17. The minimum atomic E-state index is -3.81. The Morgan fingerprint density at radius 1 is 1.20 bits per heavy atom. The molecule has 2 N–H and O–H groups in total. The number of nitrogens with zero attached hydrogens (tertiary/aromatic N) is 2. The zero-order valence-corrected chi connectivity index (χ0v) is 15.9. The topological polar surface area (TPSA) is 93.1 Å². The Hall–Kier alpha value is -2.19. The maximum atomic E-state index is 12.7. The summed E-state index contributed by atoms with van der Waals surface area (Å²) >= 11 is 0. The highest BCUT2D eigenvalue weighted by molar-refractivity contribution is 7.89. The standard InChI is InChI=1S/C17H24N4O3S/c1-11(2)16(17(22)19-14-9-18-21(5)10-14)20-25(23,24)15-7-6-12(3)13(4)8-15/h6-11,16,20H,1-5H3,(H,19,22). The van der Waals surface area contributed by atoms with Crippen molar-refractivity contribution in [2.75, 3.05) is 5.32 Å². The SMILES string of the molecule is Cc1ccc(S(=O)(=O)NC(C(=O)Nc2cnn(C)c2)C(C)C)cc1C. The van der Waals surface area contributed by atoms with Crippen LogP contribution in [0.15, 0.2) is 35.5 Å². The van der Waals surface area contributed by atoms with Crippen LogP contribution in [-0.4, -0.2) is 30.1 Å². The van der Waals surface area contributed by atoms with E-state index in [1.807, 2.05) is 13.8 Å². The molecule has 0 aliphatic heterocycles. The van der Waals surface area contributed by atoms with E-state index in [1.165, 1.54) is 6.20 Å². The Morgan fingerprint density at radius 2 is 1.88 bits per heavy atom. The molecule has 0 radical (unpaired) electrons. The minimum Gasteiger partial charge on any atom is -0.322 e. The van der Waals surface area contributed by atoms with Gasteiger partial charge in [-0.05, 0) is 43.0 Å². The Balaban J connectivity index is 2.22. The molecule has 0 bridgehead atoms. The number of amides is 1. The molecule has 7 nitrogen and oxygen atoms in total. The van der Waals surface area contributed by atoms with Crippen molar-refractivity contribution >= 4 is 21.6 Å². The molecule has 0 aliphatic rings. The lowest BCUT2D eigenvalue weighted by molar-refractivity contribution is -0.118. The van der Waals surface area contributed by atoms with Gasteiger partial charge in [0.05, 0.1) is 16.8 Å². The van der Waals surface area contributed by atoms with Crippen molar-refractivity contribution in [3.8, 4) is 0 Å². The van der Waals surface area contributed by atoms with Crippen LogP contribution in [0.25, 0.3) is 0 Å². The fourth-order valence-electron chi connectivity index (χ4n) is 2.31. The van der Waals surface area contributed by atoms with E-state index in [0.29, 0.717) is 5.69 Å². The lowest BCUT2D eigenvalue weighted by Crippen LogP contribution is -2.47. The Labute approximate surface area is 148 Å². The van der Waals surface area contributed by atoms with E-state index in [2.05, 4.69) is 15.1 Å². The average molecular weight is 364 g/mol. The first-order valence-corrected chi connectivity index (χ1v) is 9.47. The summed E-state index contributed by atoms with van der Waals surface area (Å²) in [6.45, 7) is 7.34. The molecule has 1 atom stereocenters. The molecule has 1 aromatic carbocycles. The summed E-state index contributed by atoms with van der Waals surface area (Å²) in [5.74, 6) is -0.645. The van der Waals surface area contributed by atoms with Crippen molar-refractivity contribution in [3.05, 3.63) is 41.7 Å². The summed E-state index contributed by atoms with van der Waals surface area (Å²) in [5.41, 5.74) is 2.40. The van der Waals surface area contributed by atoms with Gasteiger partial charge in [-0.3, -0.25) is 9.48 Å². The Morgan fingerprint density at radius 3 is 2.40 bits per heavy atom. The van der Waals surface area contributed by atoms with Gasteiger partial charge in [0.25, 0.3) is 0 Å². The highest BCUT2D eigenvalue weighted by atomic mass is 32.2. The van der Waals surface area contributed by atoms with Gasteiger partial charge in [-0.25, -0.2) is 8.42 Å². The van der Waals surface area contributed by atoms with Gasteiger partial charge in [-0.1, -0.05) is 19.9 Å². The number of aryl methyl sites for hydroxylation is 3. The minimum absolute atomic E-state index is 0.149. The van der Waals surface area contributed by atoms with E-state index in [4.69, 9.17) is 0 Å². The highest BCUT2D eigenvalue weighted by Gasteiger charge is 2.28. The van der Waals surface area contributed by atoms with Crippen LogP contribution in [0.1, 0.15) is 25.0 Å². The van der Waals surface area contributed by atoms with E-state index < -0.39 is 22.0 Å². The van der Waals surface area contributed by atoms with Gasteiger partial charge in [-0.15, -0.1) is 0 Å². The van der Waals surface area contributed by atoms with Gasteiger partial charge in [0, 0.05) is 13.2 Å². The van der Waals surface area contributed by atoms with Crippen LogP contribution in [0.2, 0.25) is 0 Å². The zero-order chi connectivity index (χ0) is 18.8. The molecule has 0 spiro atoms. The summed E-state index contributed by atoms with van der Waals surface area (Å²) in [5, 5.41) is 6.67. The second-order valence-corrected chi connectivity index (χ2v) is 8.19. The lowest BCUT2D eigenvalue weighted by atomic mass is 10.1.